The van der Waals surface area contributed by atoms with Crippen molar-refractivity contribution in [2.75, 3.05) is 20.1 Å². The fourth-order valence-electron chi connectivity index (χ4n) is 2.62. The van der Waals surface area contributed by atoms with Gasteiger partial charge < -0.3 is 15.5 Å². The van der Waals surface area contributed by atoms with Crippen molar-refractivity contribution >= 4 is 24.2 Å². The van der Waals surface area contributed by atoms with Gasteiger partial charge in [0.05, 0.1) is 0 Å². The van der Waals surface area contributed by atoms with Crippen LogP contribution >= 0.6 is 12.4 Å². The van der Waals surface area contributed by atoms with E-state index in [0.717, 1.165) is 19.4 Å². The summed E-state index contributed by atoms with van der Waals surface area (Å²) in [6, 6.07) is 8.80. The Morgan fingerprint density at radius 3 is 2.59 bits per heavy atom. The van der Waals surface area contributed by atoms with E-state index in [4.69, 9.17) is 0 Å². The van der Waals surface area contributed by atoms with Crippen molar-refractivity contribution in [3.8, 4) is 0 Å². The molecule has 1 fully saturated rings. The van der Waals surface area contributed by atoms with Crippen LogP contribution in [0, 0.1) is 0 Å². The summed E-state index contributed by atoms with van der Waals surface area (Å²) in [5.74, 6) is -0.224. The molecular formula is C16H24ClN3O2. The normalized spacial score (nSPS) is 19.0. The summed E-state index contributed by atoms with van der Waals surface area (Å²) >= 11 is 0. The molecule has 2 amide bonds. The van der Waals surface area contributed by atoms with Gasteiger partial charge in [0.25, 0.3) is 5.91 Å². The lowest BCUT2D eigenvalue weighted by Crippen LogP contribution is -2.53. The van der Waals surface area contributed by atoms with Crippen molar-refractivity contribution in [3.63, 3.8) is 0 Å². The average Bonchev–Trinajstić information content (AvgIpc) is 2.54. The van der Waals surface area contributed by atoms with Crippen LogP contribution in [0.15, 0.2) is 30.3 Å². The van der Waals surface area contributed by atoms with E-state index in [9.17, 15) is 9.59 Å². The quantitative estimate of drug-likeness (QED) is 0.880. The minimum absolute atomic E-state index is 0. The zero-order valence-corrected chi connectivity index (χ0v) is 13.9. The number of likely N-dealkylation sites (N-methyl/N-ethyl adjacent to an activating group) is 1. The Morgan fingerprint density at radius 2 is 1.95 bits per heavy atom. The predicted molar refractivity (Wildman–Crippen MR) is 89.3 cm³/mol. The molecule has 0 saturated carbocycles. The minimum Gasteiger partial charge on any atom is -0.341 e. The van der Waals surface area contributed by atoms with E-state index in [1.54, 1.807) is 19.1 Å². The van der Waals surface area contributed by atoms with Gasteiger partial charge in [-0.2, -0.15) is 0 Å². The molecule has 1 aliphatic heterocycles. The Hall–Kier alpha value is -1.59. The van der Waals surface area contributed by atoms with Gasteiger partial charge in [-0.1, -0.05) is 18.2 Å². The third-order valence-electron chi connectivity index (χ3n) is 3.90. The second kappa shape index (κ2) is 8.76. The van der Waals surface area contributed by atoms with Crippen LogP contribution in [0.2, 0.25) is 0 Å². The Kier molecular flexibility index (Phi) is 7.35. The number of carbonyl (C=O) groups is 2. The second-order valence-electron chi connectivity index (χ2n) is 5.47. The number of amides is 2. The molecule has 1 aliphatic rings. The van der Waals surface area contributed by atoms with Gasteiger partial charge in [0.1, 0.15) is 6.04 Å². The molecule has 2 atom stereocenters. The van der Waals surface area contributed by atoms with Gasteiger partial charge in [-0.15, -0.1) is 12.4 Å². The molecule has 0 bridgehead atoms. The maximum atomic E-state index is 12.4. The van der Waals surface area contributed by atoms with E-state index in [2.05, 4.69) is 10.6 Å². The molecular weight excluding hydrogens is 302 g/mol. The number of hydrogen-bond donors (Lipinski definition) is 2. The van der Waals surface area contributed by atoms with Gasteiger partial charge in [0, 0.05) is 24.7 Å². The van der Waals surface area contributed by atoms with Crippen molar-refractivity contribution < 1.29 is 9.59 Å². The summed E-state index contributed by atoms with van der Waals surface area (Å²) < 4.78 is 0. The molecule has 122 valence electrons. The fraction of sp³-hybridized carbons (Fsp3) is 0.500. The van der Waals surface area contributed by atoms with E-state index >= 15 is 0 Å². The van der Waals surface area contributed by atoms with Crippen molar-refractivity contribution in [1.29, 1.82) is 0 Å². The van der Waals surface area contributed by atoms with Crippen LogP contribution in [0.4, 0.5) is 0 Å². The molecule has 1 aromatic carbocycles. The number of halogens is 1. The van der Waals surface area contributed by atoms with Crippen molar-refractivity contribution in [2.24, 2.45) is 0 Å². The van der Waals surface area contributed by atoms with Gasteiger partial charge in [0.15, 0.2) is 0 Å². The Bertz CT molecular complexity index is 495. The standard InChI is InChI=1S/C16H23N3O2.ClH/c1-12(18-15(20)13-7-4-3-5-8-13)16(21)19-10-6-9-14(11-19)17-2;/h3-5,7-8,12,14,17H,6,9-11H2,1-2H3,(H,18,20);1H. The van der Waals surface area contributed by atoms with Crippen LogP contribution < -0.4 is 10.6 Å². The van der Waals surface area contributed by atoms with E-state index in [0.29, 0.717) is 18.2 Å². The van der Waals surface area contributed by atoms with E-state index in [1.807, 2.05) is 30.1 Å². The maximum Gasteiger partial charge on any atom is 0.251 e. The third kappa shape index (κ3) is 4.71. The summed E-state index contributed by atoms with van der Waals surface area (Å²) in [5.41, 5.74) is 0.573. The molecule has 1 aromatic rings. The highest BCUT2D eigenvalue weighted by molar-refractivity contribution is 5.97. The monoisotopic (exact) mass is 325 g/mol. The molecule has 2 unspecified atom stereocenters. The van der Waals surface area contributed by atoms with Crippen LogP contribution in [0.3, 0.4) is 0 Å². The van der Waals surface area contributed by atoms with Crippen LogP contribution in [0.25, 0.3) is 0 Å². The lowest BCUT2D eigenvalue weighted by molar-refractivity contribution is -0.134. The Balaban J connectivity index is 0.00000242. The molecule has 22 heavy (non-hydrogen) atoms. The number of benzene rings is 1. The van der Waals surface area contributed by atoms with Gasteiger partial charge in [0.2, 0.25) is 5.91 Å². The summed E-state index contributed by atoms with van der Waals surface area (Å²) in [7, 11) is 1.92. The first-order chi connectivity index (χ1) is 10.1. The van der Waals surface area contributed by atoms with Crippen LogP contribution in [-0.2, 0) is 4.79 Å². The Morgan fingerprint density at radius 1 is 1.27 bits per heavy atom. The van der Waals surface area contributed by atoms with E-state index < -0.39 is 6.04 Å². The number of nitrogens with zero attached hydrogens (tertiary/aromatic N) is 1. The summed E-state index contributed by atoms with van der Waals surface area (Å²) in [6.07, 6.45) is 2.08. The molecule has 1 saturated heterocycles. The van der Waals surface area contributed by atoms with Gasteiger partial charge in [-0.05, 0) is 38.9 Å². The smallest absolute Gasteiger partial charge is 0.251 e. The highest BCUT2D eigenvalue weighted by atomic mass is 35.5. The number of carbonyl (C=O) groups excluding carboxylic acids is 2. The van der Waals surface area contributed by atoms with Gasteiger partial charge >= 0.3 is 0 Å². The van der Waals surface area contributed by atoms with E-state index in [1.165, 1.54) is 0 Å². The first kappa shape index (κ1) is 18.5. The topological polar surface area (TPSA) is 61.4 Å². The fourth-order valence-corrected chi connectivity index (χ4v) is 2.62. The molecule has 0 spiro atoms. The average molecular weight is 326 g/mol. The van der Waals surface area contributed by atoms with E-state index in [-0.39, 0.29) is 24.2 Å². The summed E-state index contributed by atoms with van der Waals surface area (Å²) in [4.78, 5) is 26.3. The van der Waals surface area contributed by atoms with Crippen molar-refractivity contribution in [1.82, 2.24) is 15.5 Å². The van der Waals surface area contributed by atoms with Gasteiger partial charge in [-0.25, -0.2) is 0 Å². The van der Waals surface area contributed by atoms with Crippen molar-refractivity contribution in [2.45, 2.75) is 31.8 Å². The molecule has 0 aromatic heterocycles. The third-order valence-corrected chi connectivity index (χ3v) is 3.90. The SMILES string of the molecule is CNC1CCCN(C(=O)C(C)NC(=O)c2ccccc2)C1.Cl. The molecule has 2 N–H and O–H groups in total. The zero-order valence-electron chi connectivity index (χ0n) is 13.0. The predicted octanol–water partition coefficient (Wildman–Crippen LogP) is 1.44. The highest BCUT2D eigenvalue weighted by Gasteiger charge is 2.26. The summed E-state index contributed by atoms with van der Waals surface area (Å²) in [5, 5.41) is 5.99. The number of nitrogens with one attached hydrogen (secondary N) is 2. The van der Waals surface area contributed by atoms with Crippen LogP contribution in [0.5, 0.6) is 0 Å². The van der Waals surface area contributed by atoms with Gasteiger partial charge in [-0.3, -0.25) is 9.59 Å². The number of likely N-dealkylation sites (tertiary alicyclic amines) is 1. The lowest BCUT2D eigenvalue weighted by atomic mass is 10.1. The highest BCUT2D eigenvalue weighted by Crippen LogP contribution is 2.11. The Labute approximate surface area is 137 Å². The summed E-state index contributed by atoms with van der Waals surface area (Å²) in [6.45, 7) is 3.22. The largest absolute Gasteiger partial charge is 0.341 e. The lowest BCUT2D eigenvalue weighted by Gasteiger charge is -2.34. The first-order valence-corrected chi connectivity index (χ1v) is 7.43. The number of piperidine rings is 1. The zero-order chi connectivity index (χ0) is 15.2. The molecule has 0 radical (unpaired) electrons. The molecule has 1 heterocycles. The van der Waals surface area contributed by atoms with Crippen LogP contribution in [0.1, 0.15) is 30.1 Å². The molecule has 2 rings (SSSR count). The van der Waals surface area contributed by atoms with Crippen LogP contribution in [-0.4, -0.2) is 48.9 Å². The first-order valence-electron chi connectivity index (χ1n) is 7.43. The number of hydrogen-bond acceptors (Lipinski definition) is 3. The molecule has 6 heteroatoms. The second-order valence-corrected chi connectivity index (χ2v) is 5.47. The molecule has 0 aliphatic carbocycles. The minimum atomic E-state index is -0.506. The molecule has 5 nitrogen and oxygen atoms in total. The number of rotatable bonds is 4. The maximum absolute atomic E-state index is 12.4. The van der Waals surface area contributed by atoms with Crippen molar-refractivity contribution in [3.05, 3.63) is 35.9 Å².